The number of hydrogen-bond acceptors (Lipinski definition) is 4. The lowest BCUT2D eigenvalue weighted by atomic mass is 10.3. The van der Waals surface area contributed by atoms with E-state index in [4.69, 9.17) is 10.7 Å². The highest BCUT2D eigenvalue weighted by atomic mass is 35.7. The highest BCUT2D eigenvalue weighted by Crippen LogP contribution is 2.24. The smallest absolute Gasteiger partial charge is 0.324 e. The molecule has 1 amide bonds. The molecule has 1 heterocycles. The first-order chi connectivity index (χ1) is 9.50. The van der Waals surface area contributed by atoms with Crippen LogP contribution in [0.15, 0.2) is 4.90 Å². The van der Waals surface area contributed by atoms with Crippen LogP contribution < -0.4 is 5.32 Å². The van der Waals surface area contributed by atoms with Crippen LogP contribution in [0.1, 0.15) is 23.1 Å². The first kappa shape index (κ1) is 17.7. The Bertz CT molecular complexity index is 632. The normalized spacial score (nSPS) is 12.7. The summed E-state index contributed by atoms with van der Waals surface area (Å²) in [5.41, 5.74) is -0.761. The van der Waals surface area contributed by atoms with Crippen LogP contribution in [0.25, 0.3) is 0 Å². The predicted octanol–water partition coefficient (Wildman–Crippen LogP) is 1.53. The van der Waals surface area contributed by atoms with Gasteiger partial charge < -0.3 is 5.32 Å². The maximum Gasteiger partial charge on any atom is 0.324 e. The van der Waals surface area contributed by atoms with Gasteiger partial charge >= 0.3 is 12.3 Å². The highest BCUT2D eigenvalue weighted by molar-refractivity contribution is 8.13. The van der Waals surface area contributed by atoms with Gasteiger partial charge in [0.05, 0.1) is 12.2 Å². The van der Waals surface area contributed by atoms with E-state index in [1.165, 1.54) is 12.2 Å². The van der Waals surface area contributed by atoms with Gasteiger partial charge in [-0.3, -0.25) is 9.89 Å². The molecule has 0 fully saturated rings. The summed E-state index contributed by atoms with van der Waals surface area (Å²) in [6.07, 6.45) is -3.85. The number of aromatic nitrogens is 2. The minimum atomic E-state index is -4.44. The number of rotatable bonds is 6. The predicted molar refractivity (Wildman–Crippen MR) is 64.3 cm³/mol. The Morgan fingerprint density at radius 2 is 2.05 bits per heavy atom. The van der Waals surface area contributed by atoms with E-state index in [-0.39, 0.29) is 12.1 Å². The number of carbonyl (C=O) groups excluding carboxylic acids is 1. The molecule has 0 aliphatic rings. The maximum atomic E-state index is 12.7. The molecule has 0 aliphatic carbocycles. The minimum Gasteiger partial charge on any atom is -0.344 e. The molecule has 21 heavy (non-hydrogen) atoms. The number of aromatic amines is 1. The van der Waals surface area contributed by atoms with Crippen molar-refractivity contribution in [3.8, 4) is 0 Å². The summed E-state index contributed by atoms with van der Waals surface area (Å²) in [7, 11) is 0.772. The van der Waals surface area contributed by atoms with Gasteiger partial charge in [-0.1, -0.05) is 6.92 Å². The van der Waals surface area contributed by atoms with Crippen molar-refractivity contribution in [1.29, 1.82) is 0 Å². The highest BCUT2D eigenvalue weighted by Gasteiger charge is 2.41. The van der Waals surface area contributed by atoms with Crippen molar-refractivity contribution in [3.63, 3.8) is 0 Å². The lowest BCUT2D eigenvalue weighted by Crippen LogP contribution is -2.41. The number of H-pyrrole nitrogens is 1. The number of amides is 1. The fraction of sp³-hybridized carbons (Fsp3) is 0.556. The van der Waals surface area contributed by atoms with Crippen molar-refractivity contribution in [3.05, 3.63) is 11.4 Å². The van der Waals surface area contributed by atoms with Crippen molar-refractivity contribution in [2.75, 3.05) is 6.54 Å². The SMILES string of the molecule is CCc1[nH]nc(C(=O)NCC(F)(F)C(F)F)c1S(=O)(=O)Cl. The van der Waals surface area contributed by atoms with Crippen molar-refractivity contribution < 1.29 is 30.8 Å². The second-order valence-corrected chi connectivity index (χ2v) is 6.42. The zero-order valence-electron chi connectivity index (χ0n) is 10.5. The quantitative estimate of drug-likeness (QED) is 0.600. The molecule has 0 radical (unpaired) electrons. The van der Waals surface area contributed by atoms with Crippen LogP contribution in [-0.4, -0.2) is 43.4 Å². The summed E-state index contributed by atoms with van der Waals surface area (Å²) in [5, 5.41) is 7.08. The number of hydrogen-bond donors (Lipinski definition) is 2. The van der Waals surface area contributed by atoms with Crippen LogP contribution in [0.4, 0.5) is 17.6 Å². The van der Waals surface area contributed by atoms with E-state index in [9.17, 15) is 30.8 Å². The minimum absolute atomic E-state index is 0.00392. The second kappa shape index (κ2) is 6.18. The average molecular weight is 352 g/mol. The monoisotopic (exact) mass is 351 g/mol. The number of halogens is 5. The van der Waals surface area contributed by atoms with Crippen molar-refractivity contribution in [2.45, 2.75) is 30.6 Å². The number of nitrogens with one attached hydrogen (secondary N) is 2. The van der Waals surface area contributed by atoms with Crippen molar-refractivity contribution in [1.82, 2.24) is 15.5 Å². The van der Waals surface area contributed by atoms with E-state index in [0.29, 0.717) is 0 Å². The molecule has 0 spiro atoms. The van der Waals surface area contributed by atoms with Gasteiger partial charge in [0.25, 0.3) is 15.0 Å². The maximum absolute atomic E-state index is 12.7. The summed E-state index contributed by atoms with van der Waals surface area (Å²) in [5.74, 6) is -5.80. The Morgan fingerprint density at radius 3 is 2.48 bits per heavy atom. The van der Waals surface area contributed by atoms with Crippen LogP contribution in [0, 0.1) is 0 Å². The van der Waals surface area contributed by atoms with Crippen LogP contribution in [0.2, 0.25) is 0 Å². The molecule has 2 N–H and O–H groups in total. The number of nitrogens with zero attached hydrogens (tertiary/aromatic N) is 1. The third-order valence-corrected chi connectivity index (χ3v) is 3.80. The fourth-order valence-electron chi connectivity index (χ4n) is 1.38. The summed E-state index contributed by atoms with van der Waals surface area (Å²) >= 11 is 0. The molecule has 0 unspecified atom stereocenters. The first-order valence-electron chi connectivity index (χ1n) is 5.46. The van der Waals surface area contributed by atoms with Crippen molar-refractivity contribution >= 4 is 25.6 Å². The third-order valence-electron chi connectivity index (χ3n) is 2.41. The van der Waals surface area contributed by atoms with Gasteiger partial charge in [-0.05, 0) is 6.42 Å². The van der Waals surface area contributed by atoms with E-state index in [1.54, 1.807) is 0 Å². The first-order valence-corrected chi connectivity index (χ1v) is 7.77. The molecule has 0 aliphatic heterocycles. The lowest BCUT2D eigenvalue weighted by molar-refractivity contribution is -0.123. The number of aryl methyl sites for hydroxylation is 1. The van der Waals surface area contributed by atoms with E-state index >= 15 is 0 Å². The molecular weight excluding hydrogens is 342 g/mol. The molecule has 1 rings (SSSR count). The molecule has 0 atom stereocenters. The number of alkyl halides is 4. The molecule has 6 nitrogen and oxygen atoms in total. The topological polar surface area (TPSA) is 91.9 Å². The van der Waals surface area contributed by atoms with Gasteiger partial charge in [-0.15, -0.1) is 0 Å². The van der Waals surface area contributed by atoms with Crippen LogP contribution >= 0.6 is 10.7 Å². The molecule has 1 aromatic rings. The van der Waals surface area contributed by atoms with Crippen molar-refractivity contribution in [2.24, 2.45) is 0 Å². The van der Waals surface area contributed by atoms with Crippen LogP contribution in [0.3, 0.4) is 0 Å². The molecule has 120 valence electrons. The van der Waals surface area contributed by atoms with Gasteiger partial charge in [-0.2, -0.15) is 13.9 Å². The summed E-state index contributed by atoms with van der Waals surface area (Å²) in [6.45, 7) is -0.134. The Balaban J connectivity index is 3.02. The largest absolute Gasteiger partial charge is 0.344 e. The Hall–Kier alpha value is -1.36. The average Bonchev–Trinajstić information content (AvgIpc) is 2.79. The fourth-order valence-corrected chi connectivity index (χ4v) is 2.74. The van der Waals surface area contributed by atoms with Gasteiger partial charge in [0.15, 0.2) is 5.69 Å². The Labute approximate surface area is 121 Å². The summed E-state index contributed by atoms with van der Waals surface area (Å²) < 4.78 is 72.0. The third kappa shape index (κ3) is 4.06. The summed E-state index contributed by atoms with van der Waals surface area (Å²) in [6, 6.07) is 0. The van der Waals surface area contributed by atoms with E-state index in [0.717, 1.165) is 0 Å². The molecule has 0 saturated carbocycles. The molecule has 0 saturated heterocycles. The molecular formula is C9H10ClF4N3O3S. The van der Waals surface area contributed by atoms with E-state index in [2.05, 4.69) is 10.2 Å². The van der Waals surface area contributed by atoms with E-state index in [1.807, 2.05) is 0 Å². The number of carbonyl (C=O) groups is 1. The summed E-state index contributed by atoms with van der Waals surface area (Å²) in [4.78, 5) is 11.0. The zero-order valence-corrected chi connectivity index (χ0v) is 12.0. The standard InChI is InChI=1S/C9H10ClF4N3O3S/c1-2-4-6(21(10,19)20)5(17-16-4)7(18)15-3-9(13,14)8(11)12/h8H,2-3H2,1H3,(H,15,18)(H,16,17). The molecule has 12 heteroatoms. The van der Waals surface area contributed by atoms with Gasteiger partial charge in [0.2, 0.25) is 0 Å². The molecule has 1 aromatic heterocycles. The Kier molecular flexibility index (Phi) is 5.20. The van der Waals surface area contributed by atoms with Gasteiger partial charge in [0.1, 0.15) is 4.90 Å². The van der Waals surface area contributed by atoms with Gasteiger partial charge in [-0.25, -0.2) is 17.2 Å². The molecule has 0 bridgehead atoms. The second-order valence-electron chi connectivity index (χ2n) is 3.92. The zero-order chi connectivity index (χ0) is 16.4. The van der Waals surface area contributed by atoms with Crippen LogP contribution in [-0.2, 0) is 15.5 Å². The Morgan fingerprint density at radius 1 is 1.48 bits per heavy atom. The van der Waals surface area contributed by atoms with Gasteiger partial charge in [0, 0.05) is 10.7 Å². The van der Waals surface area contributed by atoms with E-state index < -0.39 is 44.4 Å². The molecule has 0 aromatic carbocycles. The lowest BCUT2D eigenvalue weighted by Gasteiger charge is -2.15. The van der Waals surface area contributed by atoms with Crippen LogP contribution in [0.5, 0.6) is 0 Å².